The summed E-state index contributed by atoms with van der Waals surface area (Å²) >= 11 is 1.42. The highest BCUT2D eigenvalue weighted by atomic mass is 32.1. The molecule has 2 unspecified atom stereocenters. The second-order valence-electron chi connectivity index (χ2n) is 7.28. The molecule has 6 heteroatoms. The molecule has 0 aliphatic heterocycles. The zero-order valence-electron chi connectivity index (χ0n) is 18.1. The van der Waals surface area contributed by atoms with Crippen LogP contribution in [-0.4, -0.2) is 29.6 Å². The standard InChI is InChI=1S/C23H37NO4S/c1-4-6-7-8-9-10-11-12-13-14-15-19-16-17-20(29-19)22(26)21(24-18(3)25)23(27)28-5-2/h14-17,21-22,26H,4-13H2,1-3H3,(H,24,25)/b15-14+. The van der Waals surface area contributed by atoms with Crippen molar-refractivity contribution in [3.8, 4) is 0 Å². The molecule has 1 rings (SSSR count). The van der Waals surface area contributed by atoms with E-state index in [0.717, 1.165) is 11.3 Å². The van der Waals surface area contributed by atoms with Crippen LogP contribution in [0.1, 0.15) is 94.4 Å². The first-order valence-corrected chi connectivity index (χ1v) is 11.7. The third kappa shape index (κ3) is 10.6. The largest absolute Gasteiger partial charge is 0.464 e. The van der Waals surface area contributed by atoms with E-state index in [2.05, 4.69) is 24.4 Å². The lowest BCUT2D eigenvalue weighted by atomic mass is 10.1. The van der Waals surface area contributed by atoms with E-state index in [9.17, 15) is 14.7 Å². The number of thiophene rings is 1. The topological polar surface area (TPSA) is 75.6 Å². The number of allylic oxidation sites excluding steroid dienone is 1. The Hall–Kier alpha value is -1.66. The fraction of sp³-hybridized carbons (Fsp3) is 0.652. The fourth-order valence-corrected chi connectivity index (χ4v) is 4.06. The van der Waals surface area contributed by atoms with Crippen molar-refractivity contribution in [1.29, 1.82) is 0 Å². The molecule has 164 valence electrons. The van der Waals surface area contributed by atoms with Crippen LogP contribution < -0.4 is 5.32 Å². The first kappa shape index (κ1) is 25.4. The van der Waals surface area contributed by atoms with Crippen LogP contribution >= 0.6 is 11.3 Å². The predicted octanol–water partition coefficient (Wildman–Crippen LogP) is 5.39. The van der Waals surface area contributed by atoms with Gasteiger partial charge in [0.1, 0.15) is 6.10 Å². The SMILES string of the molecule is CCCCCCCCCC/C=C/c1ccc(C(O)C(NC(C)=O)C(=O)OCC)s1. The Kier molecular flexibility index (Phi) is 13.3. The summed E-state index contributed by atoms with van der Waals surface area (Å²) in [5, 5.41) is 13.0. The minimum absolute atomic E-state index is 0.193. The van der Waals surface area contributed by atoms with Crippen molar-refractivity contribution in [2.24, 2.45) is 0 Å². The molecule has 0 aliphatic rings. The van der Waals surface area contributed by atoms with Crippen LogP contribution in [0.25, 0.3) is 6.08 Å². The number of hydrogen-bond donors (Lipinski definition) is 2. The maximum atomic E-state index is 12.1. The average Bonchev–Trinajstić information content (AvgIpc) is 3.16. The molecule has 2 atom stereocenters. The lowest BCUT2D eigenvalue weighted by Gasteiger charge is -2.20. The van der Waals surface area contributed by atoms with Gasteiger partial charge >= 0.3 is 5.97 Å². The number of nitrogens with one attached hydrogen (secondary N) is 1. The molecule has 0 radical (unpaired) electrons. The first-order valence-electron chi connectivity index (χ1n) is 10.9. The van der Waals surface area contributed by atoms with Gasteiger partial charge in [0.25, 0.3) is 0 Å². The summed E-state index contributed by atoms with van der Waals surface area (Å²) in [7, 11) is 0. The molecule has 2 N–H and O–H groups in total. The van der Waals surface area contributed by atoms with E-state index in [1.807, 2.05) is 6.07 Å². The third-order valence-corrected chi connectivity index (χ3v) is 5.78. The zero-order valence-corrected chi connectivity index (χ0v) is 18.9. The Morgan fingerprint density at radius 3 is 2.38 bits per heavy atom. The van der Waals surface area contributed by atoms with Gasteiger partial charge < -0.3 is 15.2 Å². The summed E-state index contributed by atoms with van der Waals surface area (Å²) < 4.78 is 4.97. The minimum atomic E-state index is -1.13. The van der Waals surface area contributed by atoms with Crippen LogP contribution in [0.3, 0.4) is 0 Å². The number of aliphatic hydroxyl groups is 1. The monoisotopic (exact) mass is 423 g/mol. The molecule has 0 saturated carbocycles. The van der Waals surface area contributed by atoms with Gasteiger partial charge in [-0.15, -0.1) is 11.3 Å². The summed E-state index contributed by atoms with van der Waals surface area (Å²) in [6.45, 7) is 5.44. The van der Waals surface area contributed by atoms with Crippen LogP contribution in [0, 0.1) is 0 Å². The number of esters is 1. The van der Waals surface area contributed by atoms with Gasteiger partial charge in [0.2, 0.25) is 5.91 Å². The number of aliphatic hydroxyl groups excluding tert-OH is 1. The average molecular weight is 424 g/mol. The van der Waals surface area contributed by atoms with Gasteiger partial charge in [0, 0.05) is 16.7 Å². The van der Waals surface area contributed by atoms with Crippen LogP contribution in [0.15, 0.2) is 18.2 Å². The highest BCUT2D eigenvalue weighted by Gasteiger charge is 2.31. The van der Waals surface area contributed by atoms with Gasteiger partial charge in [-0.3, -0.25) is 4.79 Å². The second-order valence-corrected chi connectivity index (χ2v) is 8.43. The third-order valence-electron chi connectivity index (χ3n) is 4.66. The van der Waals surface area contributed by atoms with E-state index in [4.69, 9.17) is 4.74 Å². The molecule has 29 heavy (non-hydrogen) atoms. The number of rotatable bonds is 15. The highest BCUT2D eigenvalue weighted by molar-refractivity contribution is 7.13. The molecule has 5 nitrogen and oxygen atoms in total. The van der Waals surface area contributed by atoms with Crippen LogP contribution in [0.2, 0.25) is 0 Å². The second kappa shape index (κ2) is 15.2. The Labute approximate surface area is 179 Å². The smallest absolute Gasteiger partial charge is 0.331 e. The maximum Gasteiger partial charge on any atom is 0.331 e. The van der Waals surface area contributed by atoms with Crippen molar-refractivity contribution in [2.75, 3.05) is 6.61 Å². The maximum absolute atomic E-state index is 12.1. The number of unbranched alkanes of at least 4 members (excludes halogenated alkanes) is 8. The summed E-state index contributed by atoms with van der Waals surface area (Å²) in [5.41, 5.74) is 0. The molecule has 1 amide bonds. The molecule has 0 fully saturated rings. The summed E-state index contributed by atoms with van der Waals surface area (Å²) in [6.07, 6.45) is 14.6. The lowest BCUT2D eigenvalue weighted by Crippen LogP contribution is -2.44. The van der Waals surface area contributed by atoms with E-state index >= 15 is 0 Å². The van der Waals surface area contributed by atoms with Crippen molar-refractivity contribution in [3.05, 3.63) is 28.0 Å². The molecule has 1 aromatic heterocycles. The van der Waals surface area contributed by atoms with Gasteiger partial charge in [0.15, 0.2) is 6.04 Å². The van der Waals surface area contributed by atoms with E-state index in [0.29, 0.717) is 4.88 Å². The fourth-order valence-electron chi connectivity index (χ4n) is 3.09. The number of carbonyl (C=O) groups excluding carboxylic acids is 2. The van der Waals surface area contributed by atoms with Crippen molar-refractivity contribution in [2.45, 2.75) is 90.7 Å². The number of ether oxygens (including phenoxy) is 1. The predicted molar refractivity (Wildman–Crippen MR) is 120 cm³/mol. The van der Waals surface area contributed by atoms with Crippen molar-refractivity contribution in [3.63, 3.8) is 0 Å². The Morgan fingerprint density at radius 1 is 1.10 bits per heavy atom. The Balaban J connectivity index is 2.44. The lowest BCUT2D eigenvalue weighted by molar-refractivity contribution is -0.150. The Morgan fingerprint density at radius 2 is 1.76 bits per heavy atom. The molecule has 0 bridgehead atoms. The van der Waals surface area contributed by atoms with Crippen molar-refractivity contribution in [1.82, 2.24) is 5.32 Å². The van der Waals surface area contributed by atoms with Crippen LogP contribution in [0.5, 0.6) is 0 Å². The summed E-state index contributed by atoms with van der Waals surface area (Å²) in [4.78, 5) is 25.1. The highest BCUT2D eigenvalue weighted by Crippen LogP contribution is 2.27. The molecule has 0 saturated heterocycles. The molecular formula is C23H37NO4S. The zero-order chi connectivity index (χ0) is 21.5. The van der Waals surface area contributed by atoms with Crippen molar-refractivity contribution >= 4 is 29.3 Å². The van der Waals surface area contributed by atoms with Crippen LogP contribution in [0.4, 0.5) is 0 Å². The van der Waals surface area contributed by atoms with Gasteiger partial charge in [-0.25, -0.2) is 4.79 Å². The molecule has 0 spiro atoms. The van der Waals surface area contributed by atoms with E-state index in [1.165, 1.54) is 69.6 Å². The van der Waals surface area contributed by atoms with Gasteiger partial charge in [-0.05, 0) is 38.0 Å². The molecule has 0 aliphatic carbocycles. The van der Waals surface area contributed by atoms with Crippen LogP contribution in [-0.2, 0) is 14.3 Å². The molecule has 1 heterocycles. The molecule has 1 aromatic rings. The van der Waals surface area contributed by atoms with Gasteiger partial charge in [0.05, 0.1) is 6.61 Å². The van der Waals surface area contributed by atoms with Gasteiger partial charge in [-0.1, -0.05) is 57.9 Å². The quantitative estimate of drug-likeness (QED) is 0.293. The molecular weight excluding hydrogens is 386 g/mol. The Bertz CT molecular complexity index is 626. The number of carbonyl (C=O) groups is 2. The summed E-state index contributed by atoms with van der Waals surface area (Å²) in [6, 6.07) is 2.61. The summed E-state index contributed by atoms with van der Waals surface area (Å²) in [5.74, 6) is -1.01. The van der Waals surface area contributed by atoms with E-state index in [1.54, 1.807) is 13.0 Å². The van der Waals surface area contributed by atoms with E-state index in [-0.39, 0.29) is 12.5 Å². The normalized spacial score (nSPS) is 13.4. The van der Waals surface area contributed by atoms with Gasteiger partial charge in [-0.2, -0.15) is 0 Å². The molecule has 0 aromatic carbocycles. The first-order chi connectivity index (χ1) is 14.0. The number of amides is 1. The van der Waals surface area contributed by atoms with Crippen molar-refractivity contribution < 1.29 is 19.4 Å². The number of hydrogen-bond acceptors (Lipinski definition) is 5. The minimum Gasteiger partial charge on any atom is -0.464 e. The van der Waals surface area contributed by atoms with E-state index < -0.39 is 18.1 Å².